The van der Waals surface area contributed by atoms with E-state index in [0.717, 1.165) is 25.7 Å². The molecule has 1 unspecified atom stereocenters. The van der Waals surface area contributed by atoms with Crippen LogP contribution in [0.2, 0.25) is 0 Å². The molecule has 16 heavy (non-hydrogen) atoms. The third-order valence-electron chi connectivity index (χ3n) is 2.39. The molecular formula is C13H26O3. The van der Waals surface area contributed by atoms with E-state index < -0.39 is 0 Å². The van der Waals surface area contributed by atoms with Gasteiger partial charge in [0.1, 0.15) is 0 Å². The van der Waals surface area contributed by atoms with Gasteiger partial charge in [0.25, 0.3) is 0 Å². The molecule has 0 aromatic carbocycles. The van der Waals surface area contributed by atoms with Crippen molar-refractivity contribution in [3.8, 4) is 0 Å². The van der Waals surface area contributed by atoms with E-state index in [1.807, 2.05) is 0 Å². The fourth-order valence-corrected chi connectivity index (χ4v) is 1.46. The van der Waals surface area contributed by atoms with Gasteiger partial charge in [-0.15, -0.1) is 0 Å². The number of hydrogen-bond donors (Lipinski definition) is 0. The molecule has 0 radical (unpaired) electrons. The SMILES string of the molecule is CCCCCCC(OCCCC)OC(C)=O. The highest BCUT2D eigenvalue weighted by molar-refractivity contribution is 5.66. The molecule has 0 saturated heterocycles. The highest BCUT2D eigenvalue weighted by Crippen LogP contribution is 2.10. The first-order valence-electron chi connectivity index (χ1n) is 6.49. The molecule has 0 aliphatic carbocycles. The second-order valence-electron chi connectivity index (χ2n) is 4.11. The molecule has 3 heteroatoms. The minimum Gasteiger partial charge on any atom is -0.436 e. The van der Waals surface area contributed by atoms with E-state index in [0.29, 0.717) is 6.61 Å². The zero-order valence-corrected chi connectivity index (χ0v) is 11.0. The molecule has 1 atom stereocenters. The summed E-state index contributed by atoms with van der Waals surface area (Å²) in [4.78, 5) is 10.9. The summed E-state index contributed by atoms with van der Waals surface area (Å²) >= 11 is 0. The van der Waals surface area contributed by atoms with Crippen LogP contribution in [0.5, 0.6) is 0 Å². The number of unbranched alkanes of at least 4 members (excludes halogenated alkanes) is 4. The number of rotatable bonds is 10. The number of carbonyl (C=O) groups is 1. The topological polar surface area (TPSA) is 35.5 Å². The van der Waals surface area contributed by atoms with Crippen molar-refractivity contribution in [1.29, 1.82) is 0 Å². The van der Waals surface area contributed by atoms with Gasteiger partial charge in [-0.25, -0.2) is 0 Å². The van der Waals surface area contributed by atoms with Gasteiger partial charge in [0.2, 0.25) is 6.29 Å². The van der Waals surface area contributed by atoms with Crippen molar-refractivity contribution >= 4 is 5.97 Å². The normalized spacial score (nSPS) is 12.4. The van der Waals surface area contributed by atoms with Gasteiger partial charge >= 0.3 is 5.97 Å². The summed E-state index contributed by atoms with van der Waals surface area (Å²) in [5.41, 5.74) is 0. The van der Waals surface area contributed by atoms with Crippen molar-refractivity contribution in [2.45, 2.75) is 72.0 Å². The van der Waals surface area contributed by atoms with Crippen LogP contribution in [0.3, 0.4) is 0 Å². The van der Waals surface area contributed by atoms with Crippen LogP contribution in [-0.2, 0) is 14.3 Å². The summed E-state index contributed by atoms with van der Waals surface area (Å²) in [7, 11) is 0. The minimum absolute atomic E-state index is 0.253. The van der Waals surface area contributed by atoms with Gasteiger partial charge in [-0.1, -0.05) is 39.5 Å². The molecule has 0 bridgehead atoms. The minimum atomic E-state index is -0.332. The first-order valence-corrected chi connectivity index (χ1v) is 6.49. The molecule has 0 fully saturated rings. The van der Waals surface area contributed by atoms with Gasteiger partial charge < -0.3 is 9.47 Å². The Hall–Kier alpha value is -0.570. The fourth-order valence-electron chi connectivity index (χ4n) is 1.46. The van der Waals surface area contributed by atoms with Crippen LogP contribution < -0.4 is 0 Å². The van der Waals surface area contributed by atoms with Gasteiger partial charge in [0, 0.05) is 13.3 Å². The van der Waals surface area contributed by atoms with Gasteiger partial charge in [-0.05, 0) is 12.8 Å². The Kier molecular flexibility index (Phi) is 10.5. The van der Waals surface area contributed by atoms with Gasteiger partial charge in [-0.3, -0.25) is 4.79 Å². The first-order chi connectivity index (χ1) is 7.70. The van der Waals surface area contributed by atoms with E-state index in [4.69, 9.17) is 9.47 Å². The fraction of sp³-hybridized carbons (Fsp3) is 0.923. The third kappa shape index (κ3) is 9.97. The average molecular weight is 230 g/mol. The maximum atomic E-state index is 10.9. The summed E-state index contributed by atoms with van der Waals surface area (Å²) in [6, 6.07) is 0. The summed E-state index contributed by atoms with van der Waals surface area (Å²) in [5.74, 6) is -0.253. The average Bonchev–Trinajstić information content (AvgIpc) is 2.23. The number of ether oxygens (including phenoxy) is 2. The van der Waals surface area contributed by atoms with Crippen LogP contribution in [0.1, 0.15) is 65.7 Å². The lowest BCUT2D eigenvalue weighted by atomic mass is 10.1. The zero-order chi connectivity index (χ0) is 12.2. The van der Waals surface area contributed by atoms with Crippen LogP contribution in [0.4, 0.5) is 0 Å². The molecule has 0 N–H and O–H groups in total. The van der Waals surface area contributed by atoms with Gasteiger partial charge in [-0.2, -0.15) is 0 Å². The highest BCUT2D eigenvalue weighted by Gasteiger charge is 2.11. The standard InChI is InChI=1S/C13H26O3/c1-4-6-8-9-10-13(16-12(3)14)15-11-7-5-2/h13H,4-11H2,1-3H3. The third-order valence-corrected chi connectivity index (χ3v) is 2.39. The first kappa shape index (κ1) is 15.4. The molecule has 0 aromatic rings. The Morgan fingerprint density at radius 3 is 2.31 bits per heavy atom. The molecular weight excluding hydrogens is 204 g/mol. The molecule has 96 valence electrons. The van der Waals surface area contributed by atoms with Crippen LogP contribution in [0, 0.1) is 0 Å². The lowest BCUT2D eigenvalue weighted by Crippen LogP contribution is -2.20. The van der Waals surface area contributed by atoms with Gasteiger partial charge in [0.05, 0.1) is 6.61 Å². The zero-order valence-electron chi connectivity index (χ0n) is 11.0. The molecule has 0 aliphatic heterocycles. The highest BCUT2D eigenvalue weighted by atomic mass is 16.7. The van der Waals surface area contributed by atoms with Crippen LogP contribution in [0.15, 0.2) is 0 Å². The maximum absolute atomic E-state index is 10.9. The van der Waals surface area contributed by atoms with Crippen molar-refractivity contribution in [2.75, 3.05) is 6.61 Å². The smallest absolute Gasteiger partial charge is 0.304 e. The predicted molar refractivity (Wildman–Crippen MR) is 65.2 cm³/mol. The number of esters is 1. The molecule has 3 nitrogen and oxygen atoms in total. The Morgan fingerprint density at radius 2 is 1.75 bits per heavy atom. The quantitative estimate of drug-likeness (QED) is 0.326. The second-order valence-corrected chi connectivity index (χ2v) is 4.11. The monoisotopic (exact) mass is 230 g/mol. The lowest BCUT2D eigenvalue weighted by molar-refractivity contribution is -0.178. The van der Waals surface area contributed by atoms with Crippen LogP contribution in [0.25, 0.3) is 0 Å². The van der Waals surface area contributed by atoms with Crippen molar-refractivity contribution in [3.63, 3.8) is 0 Å². The Morgan fingerprint density at radius 1 is 1.06 bits per heavy atom. The van der Waals surface area contributed by atoms with Crippen LogP contribution >= 0.6 is 0 Å². The molecule has 0 aliphatic rings. The molecule has 0 saturated carbocycles. The summed E-state index contributed by atoms with van der Waals surface area (Å²) in [6.07, 6.45) is 7.32. The lowest BCUT2D eigenvalue weighted by Gasteiger charge is -2.17. The van der Waals surface area contributed by atoms with Gasteiger partial charge in [0.15, 0.2) is 0 Å². The van der Waals surface area contributed by atoms with Crippen molar-refractivity contribution < 1.29 is 14.3 Å². The Bertz CT molecular complexity index is 169. The molecule has 0 spiro atoms. The van der Waals surface area contributed by atoms with E-state index in [1.54, 1.807) is 0 Å². The Balaban J connectivity index is 3.67. The largest absolute Gasteiger partial charge is 0.436 e. The summed E-state index contributed by atoms with van der Waals surface area (Å²) in [6.45, 7) is 6.41. The predicted octanol–water partition coefficient (Wildman–Crippen LogP) is 3.66. The summed E-state index contributed by atoms with van der Waals surface area (Å²) < 4.78 is 10.6. The van der Waals surface area contributed by atoms with E-state index in [1.165, 1.54) is 26.2 Å². The van der Waals surface area contributed by atoms with Crippen molar-refractivity contribution in [1.82, 2.24) is 0 Å². The van der Waals surface area contributed by atoms with E-state index in [-0.39, 0.29) is 12.3 Å². The second kappa shape index (κ2) is 10.9. The maximum Gasteiger partial charge on any atom is 0.304 e. The van der Waals surface area contributed by atoms with E-state index in [9.17, 15) is 4.79 Å². The van der Waals surface area contributed by atoms with E-state index >= 15 is 0 Å². The van der Waals surface area contributed by atoms with Crippen molar-refractivity contribution in [2.24, 2.45) is 0 Å². The number of carbonyl (C=O) groups excluding carboxylic acids is 1. The number of hydrogen-bond acceptors (Lipinski definition) is 3. The molecule has 0 rings (SSSR count). The van der Waals surface area contributed by atoms with Crippen molar-refractivity contribution in [3.05, 3.63) is 0 Å². The van der Waals surface area contributed by atoms with Crippen LogP contribution in [-0.4, -0.2) is 18.9 Å². The Labute approximate surface area is 99.5 Å². The molecule has 0 amide bonds. The molecule has 0 heterocycles. The summed E-state index contributed by atoms with van der Waals surface area (Å²) in [5, 5.41) is 0. The molecule has 0 aromatic heterocycles. The van der Waals surface area contributed by atoms with E-state index in [2.05, 4.69) is 13.8 Å².